The number of pyridine rings is 1. The highest BCUT2D eigenvalue weighted by molar-refractivity contribution is 9.10. The Bertz CT molecular complexity index is 1560. The molecule has 0 saturated carbocycles. The molecule has 12 heteroatoms. The van der Waals surface area contributed by atoms with E-state index in [9.17, 15) is 22.0 Å². The zero-order valence-corrected chi connectivity index (χ0v) is 21.0. The molecule has 3 N–H and O–H groups in total. The number of nitrogens with zero attached hydrogens (tertiary/aromatic N) is 2. The average Bonchev–Trinajstić information content (AvgIpc) is 3.18. The number of nitrogens with one attached hydrogen (secondary N) is 3. The van der Waals surface area contributed by atoms with Gasteiger partial charge in [0.25, 0.3) is 5.91 Å². The van der Waals surface area contributed by atoms with Crippen molar-refractivity contribution in [3.05, 3.63) is 69.8 Å². The minimum Gasteiger partial charge on any atom is -0.337 e. The number of halogens is 3. The summed E-state index contributed by atoms with van der Waals surface area (Å²) in [5.41, 5.74) is 1.47. The van der Waals surface area contributed by atoms with Crippen LogP contribution in [0.1, 0.15) is 29.3 Å². The molecule has 2 aromatic carbocycles. The van der Waals surface area contributed by atoms with E-state index in [2.05, 4.69) is 36.2 Å². The molecule has 35 heavy (non-hydrogen) atoms. The summed E-state index contributed by atoms with van der Waals surface area (Å²) in [6, 6.07) is 9.01. The first kappa shape index (κ1) is 24.7. The van der Waals surface area contributed by atoms with E-state index in [1.807, 2.05) is 29.8 Å². The lowest BCUT2D eigenvalue weighted by molar-refractivity contribution is 0.101. The second-order valence-corrected chi connectivity index (χ2v) is 10.6. The fourth-order valence-electron chi connectivity index (χ4n) is 3.51. The third-order valence-corrected chi connectivity index (χ3v) is 7.07. The van der Waals surface area contributed by atoms with Gasteiger partial charge in [0, 0.05) is 10.0 Å². The summed E-state index contributed by atoms with van der Waals surface area (Å²) < 4.78 is 56.2. The van der Waals surface area contributed by atoms with Gasteiger partial charge >= 0.3 is 0 Å². The number of carbonyl (C=O) groups is 1. The maximum Gasteiger partial charge on any atom is 0.261 e. The number of anilines is 2. The molecule has 2 heterocycles. The third kappa shape index (κ3) is 5.33. The van der Waals surface area contributed by atoms with Crippen LogP contribution in [0, 0.1) is 18.6 Å². The van der Waals surface area contributed by atoms with Gasteiger partial charge in [0.2, 0.25) is 10.0 Å². The van der Waals surface area contributed by atoms with Crippen molar-refractivity contribution >= 4 is 54.4 Å². The van der Waals surface area contributed by atoms with Crippen molar-refractivity contribution in [2.75, 3.05) is 15.8 Å². The van der Waals surface area contributed by atoms with E-state index in [4.69, 9.17) is 0 Å². The van der Waals surface area contributed by atoms with Gasteiger partial charge < -0.3 is 10.3 Å². The molecule has 0 bridgehead atoms. The Balaban J connectivity index is 1.62. The van der Waals surface area contributed by atoms with Crippen molar-refractivity contribution in [2.24, 2.45) is 0 Å². The molecule has 8 nitrogen and oxygen atoms in total. The van der Waals surface area contributed by atoms with E-state index in [-0.39, 0.29) is 11.4 Å². The van der Waals surface area contributed by atoms with Crippen LogP contribution in [0.4, 0.5) is 20.2 Å². The lowest BCUT2D eigenvalue weighted by Crippen LogP contribution is -2.20. The van der Waals surface area contributed by atoms with E-state index in [1.54, 1.807) is 6.92 Å². The molecule has 0 fully saturated rings. The summed E-state index contributed by atoms with van der Waals surface area (Å²) in [6.45, 7) is 3.58. The summed E-state index contributed by atoms with van der Waals surface area (Å²) in [5, 5.41) is 2.40. The summed E-state index contributed by atoms with van der Waals surface area (Å²) in [5.74, 6) is -3.22. The SMILES string of the molecule is CCCS(=O)(=O)Nc1ccc(F)c(C(=O)Nc2cnc3nc(-c4ccc(Br)cc4C)[nH]c3c2)c1F. The summed E-state index contributed by atoms with van der Waals surface area (Å²) >= 11 is 3.42. The van der Waals surface area contributed by atoms with Crippen LogP contribution in [0.25, 0.3) is 22.6 Å². The van der Waals surface area contributed by atoms with Gasteiger partial charge in [-0.25, -0.2) is 27.2 Å². The van der Waals surface area contributed by atoms with Crippen molar-refractivity contribution in [3.8, 4) is 11.4 Å². The quantitative estimate of drug-likeness (QED) is 0.279. The maximum atomic E-state index is 14.9. The molecule has 2 aromatic heterocycles. The Morgan fingerprint density at radius 3 is 2.66 bits per heavy atom. The zero-order valence-electron chi connectivity index (χ0n) is 18.6. The fourth-order valence-corrected chi connectivity index (χ4v) is 5.12. The molecule has 0 atom stereocenters. The first-order valence-electron chi connectivity index (χ1n) is 10.5. The Hall–Kier alpha value is -3.38. The number of hydrogen-bond donors (Lipinski definition) is 3. The minimum atomic E-state index is -3.84. The van der Waals surface area contributed by atoms with Crippen molar-refractivity contribution in [3.63, 3.8) is 0 Å². The van der Waals surface area contributed by atoms with Crippen LogP contribution < -0.4 is 10.0 Å². The van der Waals surface area contributed by atoms with Gasteiger partial charge in [-0.15, -0.1) is 0 Å². The summed E-state index contributed by atoms with van der Waals surface area (Å²) in [4.78, 5) is 24.5. The topological polar surface area (TPSA) is 117 Å². The lowest BCUT2D eigenvalue weighted by Gasteiger charge is -2.12. The van der Waals surface area contributed by atoms with Crippen LogP contribution in [0.3, 0.4) is 0 Å². The lowest BCUT2D eigenvalue weighted by atomic mass is 10.1. The highest BCUT2D eigenvalue weighted by Crippen LogP contribution is 2.27. The van der Waals surface area contributed by atoms with Crippen LogP contribution >= 0.6 is 15.9 Å². The van der Waals surface area contributed by atoms with Crippen molar-refractivity contribution in [1.82, 2.24) is 15.0 Å². The monoisotopic (exact) mass is 563 g/mol. The Kier molecular flexibility index (Phi) is 6.86. The number of sulfonamides is 1. The molecule has 4 rings (SSSR count). The Morgan fingerprint density at radius 1 is 1.17 bits per heavy atom. The van der Waals surface area contributed by atoms with Crippen molar-refractivity contribution in [1.29, 1.82) is 0 Å². The number of imidazole rings is 1. The number of rotatable bonds is 7. The molecule has 0 saturated heterocycles. The van der Waals surface area contributed by atoms with Gasteiger partial charge in [0.1, 0.15) is 17.2 Å². The van der Waals surface area contributed by atoms with E-state index in [1.165, 1.54) is 12.3 Å². The van der Waals surface area contributed by atoms with Gasteiger partial charge in [-0.2, -0.15) is 0 Å². The largest absolute Gasteiger partial charge is 0.337 e. The molecule has 0 aliphatic carbocycles. The number of fused-ring (bicyclic) bond motifs is 1. The average molecular weight is 564 g/mol. The third-order valence-electron chi connectivity index (χ3n) is 5.10. The number of hydrogen-bond acceptors (Lipinski definition) is 5. The predicted molar refractivity (Wildman–Crippen MR) is 134 cm³/mol. The number of carbonyl (C=O) groups excluding carboxylic acids is 1. The Morgan fingerprint density at radius 2 is 1.94 bits per heavy atom. The normalized spacial score (nSPS) is 11.6. The van der Waals surface area contributed by atoms with Gasteiger partial charge in [0.15, 0.2) is 11.5 Å². The Labute approximate surface area is 208 Å². The molecule has 0 aliphatic heterocycles. The molecule has 182 valence electrons. The van der Waals surface area contributed by atoms with Crippen molar-refractivity contribution in [2.45, 2.75) is 20.3 Å². The van der Waals surface area contributed by atoms with Crippen LogP contribution in [-0.4, -0.2) is 35.0 Å². The second-order valence-electron chi connectivity index (χ2n) is 7.80. The molecule has 1 amide bonds. The molecule has 4 aromatic rings. The molecule has 0 spiro atoms. The van der Waals surface area contributed by atoms with Gasteiger partial charge in [-0.05, 0) is 55.3 Å². The van der Waals surface area contributed by atoms with Crippen LogP contribution in [-0.2, 0) is 10.0 Å². The van der Waals surface area contributed by atoms with Crippen molar-refractivity contribution < 1.29 is 22.0 Å². The highest BCUT2D eigenvalue weighted by atomic mass is 79.9. The van der Waals surface area contributed by atoms with E-state index in [0.29, 0.717) is 23.4 Å². The number of H-pyrrole nitrogens is 1. The van der Waals surface area contributed by atoms with Gasteiger partial charge in [-0.1, -0.05) is 22.9 Å². The van der Waals surface area contributed by atoms with Crippen LogP contribution in [0.2, 0.25) is 0 Å². The number of amides is 1. The number of aromatic amines is 1. The fraction of sp³-hybridized carbons (Fsp3) is 0.174. The minimum absolute atomic E-state index is 0.168. The second kappa shape index (κ2) is 9.70. The molecule has 0 unspecified atom stereocenters. The van der Waals surface area contributed by atoms with Crippen LogP contribution in [0.15, 0.2) is 47.1 Å². The first-order chi connectivity index (χ1) is 16.6. The number of aryl methyl sites for hydroxylation is 1. The van der Waals surface area contributed by atoms with Gasteiger partial charge in [-0.3, -0.25) is 9.52 Å². The zero-order chi connectivity index (χ0) is 25.3. The summed E-state index contributed by atoms with van der Waals surface area (Å²) in [6.07, 6.45) is 1.61. The standard InChI is InChI=1S/C23H20BrF2N5O3S/c1-3-8-35(33,34)31-17-7-6-16(25)19(20(17)26)23(32)28-14-10-18-22(27-11-14)30-21(29-18)15-5-4-13(24)9-12(15)2/h4-7,9-11,31H,3,8H2,1-2H3,(H,28,32)(H,27,29,30). The van der Waals surface area contributed by atoms with Crippen LogP contribution in [0.5, 0.6) is 0 Å². The molecular formula is C23H20BrF2N5O3S. The molecular weight excluding hydrogens is 544 g/mol. The number of benzene rings is 2. The predicted octanol–water partition coefficient (Wildman–Crippen LogP) is 5.38. The molecule has 0 aliphatic rings. The molecule has 0 radical (unpaired) electrons. The maximum absolute atomic E-state index is 14.9. The van der Waals surface area contributed by atoms with E-state index >= 15 is 0 Å². The highest BCUT2D eigenvalue weighted by Gasteiger charge is 2.23. The van der Waals surface area contributed by atoms with Gasteiger partial charge in [0.05, 0.1) is 28.8 Å². The van der Waals surface area contributed by atoms with E-state index in [0.717, 1.165) is 27.7 Å². The van der Waals surface area contributed by atoms with E-state index < -0.39 is 38.8 Å². The number of aromatic nitrogens is 3. The smallest absolute Gasteiger partial charge is 0.261 e. The summed E-state index contributed by atoms with van der Waals surface area (Å²) in [7, 11) is -3.84. The first-order valence-corrected chi connectivity index (χ1v) is 12.9.